The number of pyridine rings is 1. The number of carbonyl (C=O) groups excluding carboxylic acids is 1. The molecule has 0 unspecified atom stereocenters. The summed E-state index contributed by atoms with van der Waals surface area (Å²) in [4.78, 5) is 15.6. The molecule has 0 saturated heterocycles. The zero-order valence-electron chi connectivity index (χ0n) is 10.2. The smallest absolute Gasteiger partial charge is 0.320 e. The molecule has 0 saturated carbocycles. The number of amides is 1. The van der Waals surface area contributed by atoms with E-state index in [-0.39, 0.29) is 15.7 Å². The Morgan fingerprint density at radius 1 is 1.10 bits per heavy atom. The molecule has 2 aromatic rings. The highest BCUT2D eigenvalue weighted by Gasteiger charge is 2.34. The molecule has 3 nitrogen and oxygen atoms in total. The minimum atomic E-state index is -4.64. The van der Waals surface area contributed by atoms with Crippen LogP contribution in [0.1, 0.15) is 16.1 Å². The molecule has 0 bridgehead atoms. The molecule has 21 heavy (non-hydrogen) atoms. The molecule has 0 aliphatic heterocycles. The Balaban J connectivity index is 2.34. The highest BCUT2D eigenvalue weighted by molar-refractivity contribution is 6.31. The lowest BCUT2D eigenvalue weighted by atomic mass is 10.1. The van der Waals surface area contributed by atoms with Gasteiger partial charge in [-0.15, -0.1) is 0 Å². The SMILES string of the molecule is O=C(Nc1ccc(Cl)cc1C(F)(F)F)c1cc(Cl)ccn1. The molecular weight excluding hydrogens is 328 g/mol. The summed E-state index contributed by atoms with van der Waals surface area (Å²) >= 11 is 11.3. The van der Waals surface area contributed by atoms with Crippen molar-refractivity contribution in [1.29, 1.82) is 0 Å². The number of nitrogens with zero attached hydrogens (tertiary/aromatic N) is 1. The number of carbonyl (C=O) groups is 1. The second-order valence-electron chi connectivity index (χ2n) is 4.00. The summed E-state index contributed by atoms with van der Waals surface area (Å²) in [6.07, 6.45) is -3.36. The van der Waals surface area contributed by atoms with Crippen LogP contribution in [0.15, 0.2) is 36.5 Å². The van der Waals surface area contributed by atoms with Crippen molar-refractivity contribution in [3.63, 3.8) is 0 Å². The van der Waals surface area contributed by atoms with Crippen molar-refractivity contribution >= 4 is 34.8 Å². The first-order valence-electron chi connectivity index (χ1n) is 5.57. The van der Waals surface area contributed by atoms with Gasteiger partial charge in [-0.1, -0.05) is 23.2 Å². The fourth-order valence-corrected chi connectivity index (χ4v) is 1.91. The van der Waals surface area contributed by atoms with Crippen molar-refractivity contribution in [3.05, 3.63) is 57.8 Å². The maximum Gasteiger partial charge on any atom is 0.418 e. The zero-order chi connectivity index (χ0) is 15.6. The van der Waals surface area contributed by atoms with Gasteiger partial charge in [-0.25, -0.2) is 0 Å². The lowest BCUT2D eigenvalue weighted by Gasteiger charge is -2.14. The van der Waals surface area contributed by atoms with Crippen molar-refractivity contribution in [2.24, 2.45) is 0 Å². The molecule has 0 fully saturated rings. The average molecular weight is 335 g/mol. The van der Waals surface area contributed by atoms with Crippen molar-refractivity contribution in [2.75, 3.05) is 5.32 Å². The van der Waals surface area contributed by atoms with Crippen LogP contribution in [0.3, 0.4) is 0 Å². The third-order valence-corrected chi connectivity index (χ3v) is 2.96. The maximum absolute atomic E-state index is 12.9. The number of halogens is 5. The largest absolute Gasteiger partial charge is 0.418 e. The summed E-state index contributed by atoms with van der Waals surface area (Å²) in [7, 11) is 0. The number of hydrogen-bond acceptors (Lipinski definition) is 2. The van der Waals surface area contributed by atoms with E-state index >= 15 is 0 Å². The molecule has 0 spiro atoms. The molecule has 0 aliphatic carbocycles. The Labute approximate surface area is 127 Å². The number of anilines is 1. The minimum absolute atomic E-state index is 0.0822. The Morgan fingerprint density at radius 2 is 1.76 bits per heavy atom. The fraction of sp³-hybridized carbons (Fsp3) is 0.0769. The molecule has 1 aromatic carbocycles. The van der Waals surface area contributed by atoms with Gasteiger partial charge in [-0.05, 0) is 30.3 Å². The summed E-state index contributed by atoms with van der Waals surface area (Å²) in [5.41, 5.74) is -1.53. The predicted octanol–water partition coefficient (Wildman–Crippen LogP) is 4.66. The predicted molar refractivity (Wildman–Crippen MR) is 73.7 cm³/mol. The monoisotopic (exact) mass is 334 g/mol. The fourth-order valence-electron chi connectivity index (χ4n) is 1.58. The lowest BCUT2D eigenvalue weighted by Crippen LogP contribution is -2.17. The van der Waals surface area contributed by atoms with Gasteiger partial charge in [0.1, 0.15) is 5.69 Å². The molecule has 1 amide bonds. The first kappa shape index (κ1) is 15.6. The van der Waals surface area contributed by atoms with E-state index in [0.29, 0.717) is 0 Å². The molecule has 0 aliphatic rings. The first-order chi connectivity index (χ1) is 9.77. The molecule has 110 valence electrons. The number of aromatic nitrogens is 1. The standard InChI is InChI=1S/C13H7Cl2F3N2O/c14-7-1-2-10(9(5-7)13(16,17)18)20-12(21)11-6-8(15)3-4-19-11/h1-6H,(H,20,21). The number of nitrogens with one attached hydrogen (secondary N) is 1. The summed E-state index contributed by atoms with van der Waals surface area (Å²) in [5, 5.41) is 2.32. The van der Waals surface area contributed by atoms with Crippen LogP contribution < -0.4 is 5.32 Å². The van der Waals surface area contributed by atoms with Gasteiger partial charge >= 0.3 is 6.18 Å². The molecule has 1 heterocycles. The molecule has 1 N–H and O–H groups in total. The maximum atomic E-state index is 12.9. The van der Waals surface area contributed by atoms with Crippen LogP contribution in [-0.2, 0) is 6.18 Å². The normalized spacial score (nSPS) is 11.3. The average Bonchev–Trinajstić information content (AvgIpc) is 2.39. The van der Waals surface area contributed by atoms with Gasteiger partial charge in [-0.3, -0.25) is 9.78 Å². The van der Waals surface area contributed by atoms with Crippen LogP contribution >= 0.6 is 23.2 Å². The third kappa shape index (κ3) is 3.86. The molecule has 1 aromatic heterocycles. The highest BCUT2D eigenvalue weighted by atomic mass is 35.5. The van der Waals surface area contributed by atoms with Crippen LogP contribution in [0.2, 0.25) is 10.0 Å². The van der Waals surface area contributed by atoms with Crippen molar-refractivity contribution < 1.29 is 18.0 Å². The van der Waals surface area contributed by atoms with Crippen LogP contribution in [0.25, 0.3) is 0 Å². The van der Waals surface area contributed by atoms with E-state index in [0.717, 1.165) is 12.1 Å². The van der Waals surface area contributed by atoms with Gasteiger partial charge in [-0.2, -0.15) is 13.2 Å². The summed E-state index contributed by atoms with van der Waals surface area (Å²) < 4.78 is 38.7. The summed E-state index contributed by atoms with van der Waals surface area (Å²) in [6.45, 7) is 0. The van der Waals surface area contributed by atoms with Gasteiger partial charge in [0.2, 0.25) is 0 Å². The molecular formula is C13H7Cl2F3N2O. The second-order valence-corrected chi connectivity index (χ2v) is 4.87. The topological polar surface area (TPSA) is 42.0 Å². The zero-order valence-corrected chi connectivity index (χ0v) is 11.7. The molecule has 0 atom stereocenters. The van der Waals surface area contributed by atoms with E-state index < -0.39 is 23.3 Å². The molecule has 2 rings (SSSR count). The quantitative estimate of drug-likeness (QED) is 0.867. The van der Waals surface area contributed by atoms with Crippen molar-refractivity contribution in [1.82, 2.24) is 4.98 Å². The summed E-state index contributed by atoms with van der Waals surface area (Å²) in [6, 6.07) is 5.76. The number of alkyl halides is 3. The van der Waals surface area contributed by atoms with E-state index in [4.69, 9.17) is 23.2 Å². The third-order valence-electron chi connectivity index (χ3n) is 2.49. The number of benzene rings is 1. The Bertz CT molecular complexity index is 689. The van der Waals surface area contributed by atoms with Gasteiger partial charge in [0, 0.05) is 16.2 Å². The van der Waals surface area contributed by atoms with Gasteiger partial charge < -0.3 is 5.32 Å². The number of rotatable bonds is 2. The van der Waals surface area contributed by atoms with Crippen LogP contribution in [-0.4, -0.2) is 10.9 Å². The Kier molecular flexibility index (Phi) is 4.39. The second kappa shape index (κ2) is 5.91. The van der Waals surface area contributed by atoms with Gasteiger partial charge in [0.05, 0.1) is 11.3 Å². The first-order valence-corrected chi connectivity index (χ1v) is 6.32. The number of hydrogen-bond donors (Lipinski definition) is 1. The van der Waals surface area contributed by atoms with E-state index in [9.17, 15) is 18.0 Å². The van der Waals surface area contributed by atoms with E-state index in [1.807, 2.05) is 0 Å². The molecule has 8 heteroatoms. The lowest BCUT2D eigenvalue weighted by molar-refractivity contribution is -0.136. The van der Waals surface area contributed by atoms with Crippen molar-refractivity contribution in [2.45, 2.75) is 6.18 Å². The van der Waals surface area contributed by atoms with Crippen molar-refractivity contribution in [3.8, 4) is 0 Å². The van der Waals surface area contributed by atoms with E-state index in [1.54, 1.807) is 0 Å². The van der Waals surface area contributed by atoms with Gasteiger partial charge in [0.25, 0.3) is 5.91 Å². The highest BCUT2D eigenvalue weighted by Crippen LogP contribution is 2.36. The van der Waals surface area contributed by atoms with Gasteiger partial charge in [0.15, 0.2) is 0 Å². The minimum Gasteiger partial charge on any atom is -0.320 e. The Morgan fingerprint density at radius 3 is 2.38 bits per heavy atom. The summed E-state index contributed by atoms with van der Waals surface area (Å²) in [5.74, 6) is -0.801. The Hall–Kier alpha value is -1.79. The van der Waals surface area contributed by atoms with Crippen LogP contribution in [0, 0.1) is 0 Å². The van der Waals surface area contributed by atoms with Crippen LogP contribution in [0.5, 0.6) is 0 Å². The van der Waals surface area contributed by atoms with E-state index in [2.05, 4.69) is 10.3 Å². The van der Waals surface area contributed by atoms with E-state index in [1.165, 1.54) is 24.4 Å². The molecule has 0 radical (unpaired) electrons. The van der Waals surface area contributed by atoms with Crippen LogP contribution in [0.4, 0.5) is 18.9 Å².